The maximum absolute atomic E-state index is 13.5. The molecular formula is C24H32F3N5O5. The Morgan fingerprint density at radius 1 is 1.19 bits per heavy atom. The molecule has 2 aliphatic rings. The Morgan fingerprint density at radius 3 is 2.32 bits per heavy atom. The minimum absolute atomic E-state index is 0.0998. The Balaban J connectivity index is 1.87. The van der Waals surface area contributed by atoms with Gasteiger partial charge in [0.15, 0.2) is 0 Å². The van der Waals surface area contributed by atoms with Crippen molar-refractivity contribution < 1.29 is 32.3 Å². The highest BCUT2D eigenvalue weighted by Gasteiger charge is 2.70. The van der Waals surface area contributed by atoms with Crippen molar-refractivity contribution in [1.29, 1.82) is 0 Å². The molecule has 5 N–H and O–H groups in total. The van der Waals surface area contributed by atoms with E-state index in [9.17, 15) is 37.1 Å². The molecule has 0 spiro atoms. The highest BCUT2D eigenvalue weighted by atomic mass is 19.4. The summed E-state index contributed by atoms with van der Waals surface area (Å²) < 4.78 is 38.9. The minimum atomic E-state index is -5.19. The van der Waals surface area contributed by atoms with Gasteiger partial charge >= 0.3 is 12.1 Å². The van der Waals surface area contributed by atoms with Crippen LogP contribution in [0.1, 0.15) is 40.2 Å². The number of nitrogens with two attached hydrogens (primary N) is 1. The summed E-state index contributed by atoms with van der Waals surface area (Å²) in [5.74, 6) is -5.11. The number of nitrogens with zero attached hydrogens (tertiary/aromatic N) is 1. The zero-order valence-corrected chi connectivity index (χ0v) is 21.2. The van der Waals surface area contributed by atoms with Gasteiger partial charge in [-0.25, -0.2) is 0 Å². The first-order chi connectivity index (χ1) is 16.9. The highest BCUT2D eigenvalue weighted by Crippen LogP contribution is 2.65. The van der Waals surface area contributed by atoms with Gasteiger partial charge in [0.25, 0.3) is 5.56 Å². The second-order valence-corrected chi connectivity index (χ2v) is 11.4. The number of aromatic amines is 1. The average Bonchev–Trinajstić information content (AvgIpc) is 3.09. The predicted octanol–water partition coefficient (Wildman–Crippen LogP) is 0.464. The van der Waals surface area contributed by atoms with Gasteiger partial charge in [-0.05, 0) is 28.7 Å². The molecule has 3 rings (SSSR count). The lowest BCUT2D eigenvalue weighted by atomic mass is 9.85. The fourth-order valence-corrected chi connectivity index (χ4v) is 5.16. The number of rotatable bonds is 7. The first kappa shape index (κ1) is 28.2. The standard InChI is InChI=1S/C24H32F3N5O5/c1-22(2,3)16(31-21(37)24(25,26)27)20(36)32-10-12-14(23(12,4)5)15(32)19(35)30-13(17(28)33)9-11-7-6-8-29-18(11)34/h6-8,12-16H,9-10H2,1-5H3,(H2,28,33)(H,29,34)(H,30,35)(H,31,37)/t12-,13?,14-,15-,16+/m0/s1. The number of carbonyl (C=O) groups excluding carboxylic acids is 4. The molecule has 204 valence electrons. The number of primary amides is 1. The topological polar surface area (TPSA) is 154 Å². The largest absolute Gasteiger partial charge is 0.471 e. The molecule has 1 aliphatic carbocycles. The van der Waals surface area contributed by atoms with E-state index in [0.717, 1.165) is 0 Å². The van der Waals surface area contributed by atoms with Gasteiger partial charge in [0.1, 0.15) is 18.1 Å². The molecule has 1 aliphatic heterocycles. The van der Waals surface area contributed by atoms with Crippen molar-refractivity contribution in [3.05, 3.63) is 34.2 Å². The SMILES string of the molecule is CC(C)(C)[C@H](NC(=O)C(F)(F)F)C(=O)N1C[C@H]2[C@@H]([C@H]1C(=O)NC(Cc1ccc[nH]c1=O)C(N)=O)C2(C)C. The van der Waals surface area contributed by atoms with Crippen LogP contribution in [0.25, 0.3) is 0 Å². The van der Waals surface area contributed by atoms with Crippen LogP contribution in [0, 0.1) is 22.7 Å². The summed E-state index contributed by atoms with van der Waals surface area (Å²) in [4.78, 5) is 66.5. The molecule has 0 aromatic carbocycles. The summed E-state index contributed by atoms with van der Waals surface area (Å²) in [6.07, 6.45) is -3.98. The molecule has 2 fully saturated rings. The Morgan fingerprint density at radius 2 is 1.81 bits per heavy atom. The van der Waals surface area contributed by atoms with E-state index in [1.54, 1.807) is 11.4 Å². The van der Waals surface area contributed by atoms with E-state index in [4.69, 9.17) is 5.73 Å². The highest BCUT2D eigenvalue weighted by molar-refractivity contribution is 5.96. The summed E-state index contributed by atoms with van der Waals surface area (Å²) >= 11 is 0. The van der Waals surface area contributed by atoms with E-state index in [2.05, 4.69) is 10.3 Å². The Labute approximate surface area is 211 Å². The van der Waals surface area contributed by atoms with Crippen LogP contribution in [0.4, 0.5) is 13.2 Å². The molecule has 1 saturated heterocycles. The van der Waals surface area contributed by atoms with Crippen LogP contribution in [0.15, 0.2) is 23.1 Å². The van der Waals surface area contributed by atoms with Crippen molar-refractivity contribution in [2.45, 2.75) is 65.3 Å². The zero-order chi connectivity index (χ0) is 28.1. The molecule has 4 amide bonds. The van der Waals surface area contributed by atoms with E-state index >= 15 is 0 Å². The maximum atomic E-state index is 13.5. The number of halogens is 3. The summed E-state index contributed by atoms with van der Waals surface area (Å²) in [5.41, 5.74) is 3.79. The maximum Gasteiger partial charge on any atom is 0.471 e. The quantitative estimate of drug-likeness (QED) is 0.406. The molecule has 0 radical (unpaired) electrons. The molecule has 10 nitrogen and oxygen atoms in total. The molecule has 1 saturated carbocycles. The third-order valence-corrected chi connectivity index (χ3v) is 7.39. The van der Waals surface area contributed by atoms with Crippen molar-refractivity contribution in [1.82, 2.24) is 20.5 Å². The molecule has 5 atom stereocenters. The number of alkyl halides is 3. The smallest absolute Gasteiger partial charge is 0.368 e. The minimum Gasteiger partial charge on any atom is -0.368 e. The number of hydrogen-bond acceptors (Lipinski definition) is 5. The van der Waals surface area contributed by atoms with Crippen molar-refractivity contribution in [2.75, 3.05) is 6.54 Å². The number of H-pyrrole nitrogens is 1. The Bertz CT molecular complexity index is 1160. The zero-order valence-electron chi connectivity index (χ0n) is 21.2. The number of pyridine rings is 1. The number of nitrogens with one attached hydrogen (secondary N) is 3. The Kier molecular flexibility index (Phi) is 7.23. The summed E-state index contributed by atoms with van der Waals surface area (Å²) in [5, 5.41) is 4.31. The fraction of sp³-hybridized carbons (Fsp3) is 0.625. The molecule has 2 heterocycles. The van der Waals surface area contributed by atoms with Gasteiger partial charge in [0.05, 0.1) is 0 Å². The molecule has 0 bridgehead atoms. The lowest BCUT2D eigenvalue weighted by molar-refractivity contribution is -0.176. The number of carbonyl (C=O) groups is 4. The second kappa shape index (κ2) is 9.49. The Hall–Kier alpha value is -3.38. The molecular weight excluding hydrogens is 495 g/mol. The van der Waals surface area contributed by atoms with Crippen molar-refractivity contribution in [3.63, 3.8) is 0 Å². The van der Waals surface area contributed by atoms with Crippen LogP contribution in [0.3, 0.4) is 0 Å². The number of fused-ring (bicyclic) bond motifs is 1. The van der Waals surface area contributed by atoms with Gasteiger partial charge < -0.3 is 26.3 Å². The average molecular weight is 528 g/mol. The predicted molar refractivity (Wildman–Crippen MR) is 126 cm³/mol. The van der Waals surface area contributed by atoms with Gasteiger partial charge in [-0.2, -0.15) is 13.2 Å². The van der Waals surface area contributed by atoms with Crippen LogP contribution < -0.4 is 21.9 Å². The summed E-state index contributed by atoms with van der Waals surface area (Å²) in [6, 6.07) is -0.905. The van der Waals surface area contributed by atoms with E-state index in [1.165, 1.54) is 37.9 Å². The van der Waals surface area contributed by atoms with Gasteiger partial charge in [-0.1, -0.05) is 40.7 Å². The first-order valence-corrected chi connectivity index (χ1v) is 11.8. The van der Waals surface area contributed by atoms with E-state index in [1.807, 2.05) is 13.8 Å². The lowest BCUT2D eigenvalue weighted by Crippen LogP contribution is -2.61. The molecule has 1 aromatic rings. The van der Waals surface area contributed by atoms with E-state index in [-0.39, 0.29) is 35.8 Å². The number of amides is 4. The van der Waals surface area contributed by atoms with Gasteiger partial charge in [-0.15, -0.1) is 0 Å². The van der Waals surface area contributed by atoms with Crippen molar-refractivity contribution >= 4 is 23.6 Å². The van der Waals surface area contributed by atoms with Crippen LogP contribution >= 0.6 is 0 Å². The summed E-state index contributed by atoms with van der Waals surface area (Å²) in [7, 11) is 0. The number of piperidine rings is 1. The molecule has 37 heavy (non-hydrogen) atoms. The van der Waals surface area contributed by atoms with Crippen molar-refractivity contribution in [2.24, 2.45) is 28.4 Å². The third kappa shape index (κ3) is 5.64. The third-order valence-electron chi connectivity index (χ3n) is 7.39. The van der Waals surface area contributed by atoms with Gasteiger partial charge in [-0.3, -0.25) is 24.0 Å². The molecule has 1 aromatic heterocycles. The van der Waals surface area contributed by atoms with Crippen LogP contribution in [0.2, 0.25) is 0 Å². The number of hydrogen-bond donors (Lipinski definition) is 4. The molecule has 13 heteroatoms. The van der Waals surface area contributed by atoms with E-state index < -0.39 is 58.9 Å². The second-order valence-electron chi connectivity index (χ2n) is 11.4. The van der Waals surface area contributed by atoms with Crippen molar-refractivity contribution in [3.8, 4) is 0 Å². The number of likely N-dealkylation sites (tertiary alicyclic amines) is 1. The van der Waals surface area contributed by atoms with Crippen LogP contribution in [-0.2, 0) is 25.6 Å². The van der Waals surface area contributed by atoms with Crippen LogP contribution in [-0.4, -0.2) is 64.4 Å². The summed E-state index contributed by atoms with van der Waals surface area (Å²) in [6.45, 7) is 8.43. The lowest BCUT2D eigenvalue weighted by Gasteiger charge is -2.38. The van der Waals surface area contributed by atoms with Gasteiger partial charge in [0.2, 0.25) is 17.7 Å². The number of aromatic nitrogens is 1. The van der Waals surface area contributed by atoms with Crippen LogP contribution in [0.5, 0.6) is 0 Å². The van der Waals surface area contributed by atoms with Gasteiger partial charge in [0, 0.05) is 24.7 Å². The fourth-order valence-electron chi connectivity index (χ4n) is 5.16. The normalized spacial score (nSPS) is 24.0. The molecule has 1 unspecified atom stereocenters. The monoisotopic (exact) mass is 527 g/mol. The first-order valence-electron chi connectivity index (χ1n) is 11.8. The van der Waals surface area contributed by atoms with E-state index in [0.29, 0.717) is 0 Å².